The van der Waals surface area contributed by atoms with Crippen LogP contribution >= 0.6 is 24.0 Å². The average Bonchev–Trinajstić information content (AvgIpc) is 3.25. The van der Waals surface area contributed by atoms with Crippen LogP contribution in [0.25, 0.3) is 0 Å². The number of nitrogens with zero attached hydrogens (tertiary/aromatic N) is 2. The fraction of sp³-hybridized carbons (Fsp3) is 0.529. The van der Waals surface area contributed by atoms with E-state index in [4.69, 9.17) is 0 Å². The van der Waals surface area contributed by atoms with Crippen LogP contribution in [0.3, 0.4) is 0 Å². The van der Waals surface area contributed by atoms with Crippen LogP contribution in [-0.4, -0.2) is 42.9 Å². The first kappa shape index (κ1) is 18.0. The minimum Gasteiger partial charge on any atom is -0.353 e. The highest BCUT2D eigenvalue weighted by Crippen LogP contribution is 2.28. The van der Waals surface area contributed by atoms with Crippen molar-refractivity contribution in [3.8, 4) is 0 Å². The van der Waals surface area contributed by atoms with Gasteiger partial charge in [-0.25, -0.2) is 0 Å². The zero-order valence-electron chi connectivity index (χ0n) is 13.7. The van der Waals surface area contributed by atoms with E-state index in [0.29, 0.717) is 25.0 Å². The Labute approximate surface area is 154 Å². The molecule has 2 N–H and O–H groups in total. The van der Waals surface area contributed by atoms with E-state index < -0.39 is 0 Å². The van der Waals surface area contributed by atoms with E-state index in [0.717, 1.165) is 18.9 Å². The van der Waals surface area contributed by atoms with Crippen molar-refractivity contribution in [2.24, 2.45) is 10.9 Å². The second-order valence-electron chi connectivity index (χ2n) is 6.22. The van der Waals surface area contributed by atoms with Crippen molar-refractivity contribution in [2.45, 2.75) is 32.4 Å². The van der Waals surface area contributed by atoms with Gasteiger partial charge in [0.05, 0.1) is 6.54 Å². The Kier molecular flexibility index (Phi) is 6.26. The van der Waals surface area contributed by atoms with Crippen LogP contribution in [0, 0.1) is 5.92 Å². The van der Waals surface area contributed by atoms with Gasteiger partial charge in [0.25, 0.3) is 0 Å². The molecule has 6 heteroatoms. The van der Waals surface area contributed by atoms with Crippen molar-refractivity contribution >= 4 is 35.8 Å². The molecule has 2 unspecified atom stereocenters. The maximum absolute atomic E-state index is 12.4. The number of carbonyl (C=O) groups excluding carboxylic acids is 1. The molecule has 1 heterocycles. The lowest BCUT2D eigenvalue weighted by molar-refractivity contribution is -0.130. The summed E-state index contributed by atoms with van der Waals surface area (Å²) in [6.45, 7) is 4.01. The summed E-state index contributed by atoms with van der Waals surface area (Å²) in [6, 6.07) is 8.86. The molecule has 0 saturated heterocycles. The topological polar surface area (TPSA) is 56.7 Å². The van der Waals surface area contributed by atoms with E-state index in [2.05, 4.69) is 40.7 Å². The van der Waals surface area contributed by atoms with Crippen molar-refractivity contribution in [2.75, 3.05) is 20.1 Å². The lowest BCUT2D eigenvalue weighted by Gasteiger charge is -2.29. The van der Waals surface area contributed by atoms with Crippen LogP contribution in [0.4, 0.5) is 0 Å². The molecule has 5 nitrogen and oxygen atoms in total. The molecule has 3 rings (SSSR count). The quantitative estimate of drug-likeness (QED) is 0.439. The van der Waals surface area contributed by atoms with Crippen LogP contribution < -0.4 is 10.6 Å². The number of rotatable bonds is 3. The number of hydrogen-bond donors (Lipinski definition) is 2. The van der Waals surface area contributed by atoms with Gasteiger partial charge in [-0.15, -0.1) is 24.0 Å². The minimum absolute atomic E-state index is 0. The summed E-state index contributed by atoms with van der Waals surface area (Å²) in [5, 5.41) is 6.46. The van der Waals surface area contributed by atoms with E-state index in [1.807, 2.05) is 11.0 Å². The summed E-state index contributed by atoms with van der Waals surface area (Å²) < 4.78 is 0. The van der Waals surface area contributed by atoms with E-state index in [-0.39, 0.29) is 29.9 Å². The van der Waals surface area contributed by atoms with Crippen molar-refractivity contribution in [3.63, 3.8) is 0 Å². The summed E-state index contributed by atoms with van der Waals surface area (Å²) in [7, 11) is 1.74. The van der Waals surface area contributed by atoms with Crippen LogP contribution in [0.2, 0.25) is 0 Å². The number of guanidine groups is 1. The summed E-state index contributed by atoms with van der Waals surface area (Å²) in [5.74, 6) is 1.55. The maximum atomic E-state index is 12.4. The predicted octanol–water partition coefficient (Wildman–Crippen LogP) is 1.76. The average molecular weight is 428 g/mol. The smallest absolute Gasteiger partial charge is 0.242 e. The van der Waals surface area contributed by atoms with Gasteiger partial charge >= 0.3 is 0 Å². The molecule has 0 bridgehead atoms. The Morgan fingerprint density at radius 1 is 1.35 bits per heavy atom. The lowest BCUT2D eigenvalue weighted by atomic mass is 10.00. The largest absolute Gasteiger partial charge is 0.353 e. The summed E-state index contributed by atoms with van der Waals surface area (Å²) in [6.07, 6.45) is 2.12. The third kappa shape index (κ3) is 4.59. The van der Waals surface area contributed by atoms with Gasteiger partial charge in [0.1, 0.15) is 0 Å². The highest BCUT2D eigenvalue weighted by Gasteiger charge is 2.33. The third-order valence-corrected chi connectivity index (χ3v) is 4.55. The maximum Gasteiger partial charge on any atom is 0.242 e. The van der Waals surface area contributed by atoms with Gasteiger partial charge in [-0.1, -0.05) is 31.2 Å². The Morgan fingerprint density at radius 2 is 2.04 bits per heavy atom. The molecule has 0 spiro atoms. The molecule has 1 aliphatic carbocycles. The second-order valence-corrected chi connectivity index (χ2v) is 6.22. The highest BCUT2D eigenvalue weighted by atomic mass is 127. The Hall–Kier alpha value is -1.31. The molecule has 23 heavy (non-hydrogen) atoms. The molecule has 2 aliphatic rings. The van der Waals surface area contributed by atoms with Crippen molar-refractivity contribution in [1.29, 1.82) is 0 Å². The predicted molar refractivity (Wildman–Crippen MR) is 103 cm³/mol. The first-order valence-corrected chi connectivity index (χ1v) is 7.99. The fourth-order valence-corrected chi connectivity index (χ4v) is 2.87. The summed E-state index contributed by atoms with van der Waals surface area (Å²) in [5.41, 5.74) is 2.62. The van der Waals surface area contributed by atoms with E-state index in [1.165, 1.54) is 17.5 Å². The Bertz CT molecular complexity index is 590. The summed E-state index contributed by atoms with van der Waals surface area (Å²) >= 11 is 0. The first-order valence-electron chi connectivity index (χ1n) is 7.99. The van der Waals surface area contributed by atoms with Crippen molar-refractivity contribution in [3.05, 3.63) is 35.4 Å². The van der Waals surface area contributed by atoms with E-state index in [9.17, 15) is 4.79 Å². The van der Waals surface area contributed by atoms with Crippen LogP contribution in [0.5, 0.6) is 0 Å². The van der Waals surface area contributed by atoms with Gasteiger partial charge in [-0.3, -0.25) is 9.79 Å². The number of carbonyl (C=O) groups is 1. The molecular weight excluding hydrogens is 403 g/mol. The molecule has 1 fully saturated rings. The number of aliphatic imine (C=N–C) groups is 1. The highest BCUT2D eigenvalue weighted by molar-refractivity contribution is 14.0. The first-order chi connectivity index (χ1) is 10.7. The monoisotopic (exact) mass is 428 g/mol. The van der Waals surface area contributed by atoms with Gasteiger partial charge in [-0.2, -0.15) is 0 Å². The van der Waals surface area contributed by atoms with Crippen molar-refractivity contribution in [1.82, 2.24) is 15.5 Å². The zero-order chi connectivity index (χ0) is 15.5. The second kappa shape index (κ2) is 7.99. The van der Waals surface area contributed by atoms with E-state index in [1.54, 1.807) is 7.05 Å². The van der Waals surface area contributed by atoms with Gasteiger partial charge in [0, 0.05) is 26.2 Å². The number of benzene rings is 1. The molecule has 1 aromatic carbocycles. The molecule has 2 atom stereocenters. The number of amides is 1. The molecule has 1 amide bonds. The fourth-order valence-electron chi connectivity index (χ4n) is 2.87. The van der Waals surface area contributed by atoms with Crippen LogP contribution in [-0.2, 0) is 17.8 Å². The molecule has 0 aromatic heterocycles. The van der Waals surface area contributed by atoms with E-state index >= 15 is 0 Å². The van der Waals surface area contributed by atoms with Crippen LogP contribution in [0.1, 0.15) is 24.5 Å². The third-order valence-electron chi connectivity index (χ3n) is 4.55. The lowest BCUT2D eigenvalue weighted by Crippen LogP contribution is -2.46. The van der Waals surface area contributed by atoms with Gasteiger partial charge in [0.15, 0.2) is 5.96 Å². The number of nitrogens with one attached hydrogen (secondary N) is 2. The SMILES string of the molecule is CN=C(NCC(=O)N1CCc2ccccc2C1)NC1CC1C.I. The van der Waals surface area contributed by atoms with Gasteiger partial charge in [-0.05, 0) is 29.9 Å². The standard InChI is InChI=1S/C17H24N4O.HI/c1-12-9-15(12)20-17(18-2)19-10-16(22)21-8-7-13-5-3-4-6-14(13)11-21;/h3-6,12,15H,7-11H2,1-2H3,(H2,18,19,20);1H. The molecule has 126 valence electrons. The number of halogens is 1. The minimum atomic E-state index is 0. The zero-order valence-corrected chi connectivity index (χ0v) is 16.0. The Balaban J connectivity index is 0.00000192. The van der Waals surface area contributed by atoms with Crippen molar-refractivity contribution < 1.29 is 4.79 Å². The number of fused-ring (bicyclic) bond motifs is 1. The number of hydrogen-bond acceptors (Lipinski definition) is 2. The Morgan fingerprint density at radius 3 is 2.70 bits per heavy atom. The molecule has 0 radical (unpaired) electrons. The molecular formula is C17H25IN4O. The van der Waals surface area contributed by atoms with Gasteiger partial charge < -0.3 is 15.5 Å². The molecule has 1 aromatic rings. The van der Waals surface area contributed by atoms with Crippen LogP contribution in [0.15, 0.2) is 29.3 Å². The normalized spacial score (nSPS) is 22.7. The molecule has 1 saturated carbocycles. The molecule has 1 aliphatic heterocycles. The summed E-state index contributed by atoms with van der Waals surface area (Å²) in [4.78, 5) is 18.5. The van der Waals surface area contributed by atoms with Gasteiger partial charge in [0.2, 0.25) is 5.91 Å².